The van der Waals surface area contributed by atoms with Crippen molar-refractivity contribution in [1.29, 1.82) is 0 Å². The second kappa shape index (κ2) is 7.72. The van der Waals surface area contributed by atoms with Gasteiger partial charge < -0.3 is 14.7 Å². The first-order valence-corrected chi connectivity index (χ1v) is 7.60. The molecule has 0 bridgehead atoms. The SMILES string of the molecule is CC1CN(C(=O)CN2CCCN(CC(=O)O)CC2)CCO1. The van der Waals surface area contributed by atoms with E-state index in [2.05, 4.69) is 4.90 Å². The number of ether oxygens (including phenoxy) is 1. The number of nitrogens with zero attached hydrogens (tertiary/aromatic N) is 3. The summed E-state index contributed by atoms with van der Waals surface area (Å²) in [5, 5.41) is 8.84. The zero-order chi connectivity index (χ0) is 15.2. The van der Waals surface area contributed by atoms with Crippen LogP contribution in [0.25, 0.3) is 0 Å². The summed E-state index contributed by atoms with van der Waals surface area (Å²) in [6.45, 7) is 7.52. The van der Waals surface area contributed by atoms with E-state index in [1.165, 1.54) is 0 Å². The van der Waals surface area contributed by atoms with Crippen LogP contribution < -0.4 is 0 Å². The summed E-state index contributed by atoms with van der Waals surface area (Å²) < 4.78 is 5.45. The van der Waals surface area contributed by atoms with Crippen molar-refractivity contribution in [2.75, 3.05) is 59.0 Å². The van der Waals surface area contributed by atoms with Crippen LogP contribution in [-0.2, 0) is 14.3 Å². The van der Waals surface area contributed by atoms with Crippen molar-refractivity contribution in [3.63, 3.8) is 0 Å². The number of carboxylic acid groups (broad SMARTS) is 1. The summed E-state index contributed by atoms with van der Waals surface area (Å²) in [6.07, 6.45) is 1.01. The fourth-order valence-corrected chi connectivity index (χ4v) is 2.87. The van der Waals surface area contributed by atoms with E-state index in [1.54, 1.807) is 0 Å². The Morgan fingerprint density at radius 2 is 1.76 bits per heavy atom. The van der Waals surface area contributed by atoms with E-state index in [-0.39, 0.29) is 18.6 Å². The number of carboxylic acids is 1. The van der Waals surface area contributed by atoms with Crippen molar-refractivity contribution in [2.24, 2.45) is 0 Å². The van der Waals surface area contributed by atoms with Gasteiger partial charge in [-0.2, -0.15) is 0 Å². The molecular formula is C14H25N3O4. The molecule has 7 nitrogen and oxygen atoms in total. The number of amides is 1. The van der Waals surface area contributed by atoms with Gasteiger partial charge in [0.2, 0.25) is 5.91 Å². The third kappa shape index (κ3) is 5.26. The molecule has 2 aliphatic rings. The van der Waals surface area contributed by atoms with E-state index < -0.39 is 5.97 Å². The Morgan fingerprint density at radius 1 is 1.10 bits per heavy atom. The van der Waals surface area contributed by atoms with Crippen LogP contribution in [0, 0.1) is 0 Å². The van der Waals surface area contributed by atoms with Crippen LogP contribution in [0.15, 0.2) is 0 Å². The van der Waals surface area contributed by atoms with Crippen molar-refractivity contribution in [1.82, 2.24) is 14.7 Å². The van der Waals surface area contributed by atoms with E-state index in [9.17, 15) is 9.59 Å². The van der Waals surface area contributed by atoms with Gasteiger partial charge in [0.25, 0.3) is 0 Å². The third-order valence-electron chi connectivity index (χ3n) is 3.99. The maximum absolute atomic E-state index is 12.3. The zero-order valence-electron chi connectivity index (χ0n) is 12.7. The first-order valence-electron chi connectivity index (χ1n) is 7.60. The van der Waals surface area contributed by atoms with E-state index in [4.69, 9.17) is 9.84 Å². The molecule has 2 saturated heterocycles. The molecule has 0 aliphatic carbocycles. The van der Waals surface area contributed by atoms with Crippen molar-refractivity contribution in [2.45, 2.75) is 19.4 Å². The Labute approximate surface area is 125 Å². The Bertz CT molecular complexity index is 377. The molecule has 21 heavy (non-hydrogen) atoms. The van der Waals surface area contributed by atoms with Crippen LogP contribution in [0.4, 0.5) is 0 Å². The van der Waals surface area contributed by atoms with Crippen molar-refractivity contribution in [3.8, 4) is 0 Å². The number of carbonyl (C=O) groups excluding carboxylic acids is 1. The lowest BCUT2D eigenvalue weighted by molar-refractivity contribution is -0.140. The molecule has 120 valence electrons. The molecule has 0 aromatic rings. The zero-order valence-corrected chi connectivity index (χ0v) is 12.7. The maximum atomic E-state index is 12.3. The summed E-state index contributed by atoms with van der Waals surface area (Å²) in [5.41, 5.74) is 0. The molecule has 0 aromatic carbocycles. The van der Waals surface area contributed by atoms with E-state index in [0.717, 1.165) is 26.1 Å². The topological polar surface area (TPSA) is 73.3 Å². The Morgan fingerprint density at radius 3 is 2.38 bits per heavy atom. The Hall–Kier alpha value is -1.18. The molecule has 2 rings (SSSR count). The highest BCUT2D eigenvalue weighted by Crippen LogP contribution is 2.07. The van der Waals surface area contributed by atoms with Gasteiger partial charge >= 0.3 is 5.97 Å². The molecule has 1 N–H and O–H groups in total. The minimum atomic E-state index is -0.790. The lowest BCUT2D eigenvalue weighted by atomic mass is 10.3. The number of rotatable bonds is 4. The number of aliphatic carboxylic acids is 1. The van der Waals surface area contributed by atoms with E-state index in [1.807, 2.05) is 16.7 Å². The summed E-state index contributed by atoms with van der Waals surface area (Å²) in [5.74, 6) is -0.640. The predicted molar refractivity (Wildman–Crippen MR) is 77.1 cm³/mol. The predicted octanol–water partition coefficient (Wildman–Crippen LogP) is -0.674. The summed E-state index contributed by atoms with van der Waals surface area (Å²) in [4.78, 5) is 29.0. The minimum Gasteiger partial charge on any atom is -0.480 e. The van der Waals surface area contributed by atoms with Gasteiger partial charge in [-0.25, -0.2) is 0 Å². The van der Waals surface area contributed by atoms with Crippen LogP contribution in [0.3, 0.4) is 0 Å². The molecule has 1 amide bonds. The molecule has 2 fully saturated rings. The second-order valence-electron chi connectivity index (χ2n) is 5.82. The molecule has 0 aromatic heterocycles. The van der Waals surface area contributed by atoms with Crippen LogP contribution in [-0.4, -0.2) is 96.8 Å². The third-order valence-corrected chi connectivity index (χ3v) is 3.99. The number of morpholine rings is 1. The molecule has 0 saturated carbocycles. The normalized spacial score (nSPS) is 25.6. The summed E-state index contributed by atoms with van der Waals surface area (Å²) >= 11 is 0. The number of hydrogen-bond donors (Lipinski definition) is 1. The summed E-state index contributed by atoms with van der Waals surface area (Å²) in [7, 11) is 0. The highest BCUT2D eigenvalue weighted by Gasteiger charge is 2.24. The number of hydrogen-bond acceptors (Lipinski definition) is 5. The van der Waals surface area contributed by atoms with Gasteiger partial charge in [0.15, 0.2) is 0 Å². The second-order valence-corrected chi connectivity index (χ2v) is 5.82. The van der Waals surface area contributed by atoms with Gasteiger partial charge in [0.1, 0.15) is 0 Å². The monoisotopic (exact) mass is 299 g/mol. The van der Waals surface area contributed by atoms with Crippen molar-refractivity contribution < 1.29 is 19.4 Å². The molecule has 2 aliphatic heterocycles. The standard InChI is InChI=1S/C14H25N3O4/c1-12-9-17(7-8-21-12)13(18)10-15-3-2-4-16(6-5-15)11-14(19)20/h12H,2-11H2,1H3,(H,19,20). The van der Waals surface area contributed by atoms with Crippen LogP contribution in [0.5, 0.6) is 0 Å². The van der Waals surface area contributed by atoms with Gasteiger partial charge in [-0.3, -0.25) is 19.4 Å². The van der Waals surface area contributed by atoms with Gasteiger partial charge in [-0.05, 0) is 19.9 Å². The maximum Gasteiger partial charge on any atom is 0.317 e. The molecule has 2 heterocycles. The molecular weight excluding hydrogens is 274 g/mol. The average Bonchev–Trinajstić information content (AvgIpc) is 2.64. The molecule has 0 spiro atoms. The summed E-state index contributed by atoms with van der Waals surface area (Å²) in [6, 6.07) is 0. The highest BCUT2D eigenvalue weighted by atomic mass is 16.5. The smallest absolute Gasteiger partial charge is 0.317 e. The fourth-order valence-electron chi connectivity index (χ4n) is 2.87. The van der Waals surface area contributed by atoms with Gasteiger partial charge in [-0.1, -0.05) is 0 Å². The Kier molecular flexibility index (Phi) is 5.96. The van der Waals surface area contributed by atoms with Crippen molar-refractivity contribution in [3.05, 3.63) is 0 Å². The lowest BCUT2D eigenvalue weighted by Gasteiger charge is -2.32. The molecule has 1 atom stereocenters. The van der Waals surface area contributed by atoms with Gasteiger partial charge in [0.05, 0.1) is 25.8 Å². The van der Waals surface area contributed by atoms with E-state index >= 15 is 0 Å². The van der Waals surface area contributed by atoms with Crippen LogP contribution >= 0.6 is 0 Å². The fraction of sp³-hybridized carbons (Fsp3) is 0.857. The highest BCUT2D eigenvalue weighted by molar-refractivity contribution is 5.78. The van der Waals surface area contributed by atoms with Crippen LogP contribution in [0.1, 0.15) is 13.3 Å². The largest absolute Gasteiger partial charge is 0.480 e. The lowest BCUT2D eigenvalue weighted by Crippen LogP contribution is -2.48. The molecule has 7 heteroatoms. The average molecular weight is 299 g/mol. The Balaban J connectivity index is 1.77. The van der Waals surface area contributed by atoms with Gasteiger partial charge in [-0.15, -0.1) is 0 Å². The van der Waals surface area contributed by atoms with Crippen molar-refractivity contribution >= 4 is 11.9 Å². The minimum absolute atomic E-state index is 0.0861. The molecule has 0 radical (unpaired) electrons. The first-order chi connectivity index (χ1) is 10.0. The molecule has 1 unspecified atom stereocenters. The first kappa shape index (κ1) is 16.2. The quantitative estimate of drug-likeness (QED) is 0.742. The van der Waals surface area contributed by atoms with E-state index in [0.29, 0.717) is 32.8 Å². The van der Waals surface area contributed by atoms with Gasteiger partial charge in [0, 0.05) is 32.7 Å². The number of carbonyl (C=O) groups is 2. The van der Waals surface area contributed by atoms with Crippen LogP contribution in [0.2, 0.25) is 0 Å².